The Labute approximate surface area is 226 Å². The van der Waals surface area contributed by atoms with E-state index in [1.54, 1.807) is 0 Å². The van der Waals surface area contributed by atoms with Crippen LogP contribution in [0.15, 0.2) is 23.3 Å². The van der Waals surface area contributed by atoms with Gasteiger partial charge in [-0.25, -0.2) is 4.79 Å². The molecule has 12 atom stereocenters. The smallest absolute Gasteiger partial charge is 0.331 e. The third-order valence-electron chi connectivity index (χ3n) is 11.8. The fourth-order valence-electron chi connectivity index (χ4n) is 9.47. The van der Waals surface area contributed by atoms with Crippen molar-refractivity contribution in [3.05, 3.63) is 23.3 Å². The molecule has 0 amide bonds. The minimum absolute atomic E-state index is 0.0164. The van der Waals surface area contributed by atoms with Crippen LogP contribution in [-0.2, 0) is 28.5 Å². The molecule has 0 spiro atoms. The van der Waals surface area contributed by atoms with Crippen LogP contribution in [0.5, 0.6) is 0 Å². The molecule has 3 saturated carbocycles. The summed E-state index contributed by atoms with van der Waals surface area (Å²) < 4.78 is 23.3. The zero-order valence-electron chi connectivity index (χ0n) is 22.4. The average molecular weight is 547 g/mol. The van der Waals surface area contributed by atoms with Gasteiger partial charge in [-0.15, -0.1) is 0 Å². The number of aldehydes is 1. The molecule has 3 aliphatic heterocycles. The van der Waals surface area contributed by atoms with E-state index < -0.39 is 58.4 Å². The van der Waals surface area contributed by atoms with Gasteiger partial charge in [0.25, 0.3) is 0 Å². The summed E-state index contributed by atoms with van der Waals surface area (Å²) in [5.74, 6) is -2.82. The minimum atomic E-state index is -2.02. The number of hydrogen-bond acceptors (Lipinski definition) is 10. The number of hydrogen-bond donors (Lipinski definition) is 4. The molecule has 0 aromatic carbocycles. The molecular weight excluding hydrogens is 508 g/mol. The molecule has 12 unspecified atom stereocenters. The molecule has 0 aromatic heterocycles. The lowest BCUT2D eigenvalue weighted by atomic mass is 9.45. The number of allylic oxidation sites excluding steroid dienone is 1. The van der Waals surface area contributed by atoms with E-state index in [0.29, 0.717) is 37.7 Å². The molecule has 0 aromatic rings. The van der Waals surface area contributed by atoms with Gasteiger partial charge in [0, 0.05) is 28.9 Å². The van der Waals surface area contributed by atoms with E-state index in [1.807, 2.05) is 13.8 Å². The molecule has 0 radical (unpaired) electrons. The molecule has 2 saturated heterocycles. The molecule has 5 fully saturated rings. The van der Waals surface area contributed by atoms with Gasteiger partial charge < -0.3 is 44.2 Å². The first-order valence-electron chi connectivity index (χ1n) is 14.3. The second-order valence-corrected chi connectivity index (χ2v) is 13.3. The van der Waals surface area contributed by atoms with Gasteiger partial charge in [-0.3, -0.25) is 0 Å². The summed E-state index contributed by atoms with van der Waals surface area (Å²) in [4.78, 5) is 24.9. The van der Waals surface area contributed by atoms with Crippen LogP contribution in [0.1, 0.15) is 65.2 Å². The summed E-state index contributed by atoms with van der Waals surface area (Å²) in [6.07, 6.45) is 4.00. The van der Waals surface area contributed by atoms with Gasteiger partial charge in [0.1, 0.15) is 19.0 Å². The van der Waals surface area contributed by atoms with Gasteiger partial charge >= 0.3 is 5.97 Å². The van der Waals surface area contributed by atoms with Gasteiger partial charge in [0.2, 0.25) is 12.1 Å². The first kappa shape index (κ1) is 26.3. The van der Waals surface area contributed by atoms with E-state index in [-0.39, 0.29) is 43.8 Å². The highest BCUT2D eigenvalue weighted by molar-refractivity contribution is 5.86. The Morgan fingerprint density at radius 2 is 1.82 bits per heavy atom. The van der Waals surface area contributed by atoms with Crippen molar-refractivity contribution in [1.82, 2.24) is 0 Å². The lowest BCUT2D eigenvalue weighted by molar-refractivity contribution is -0.456. The van der Waals surface area contributed by atoms with Gasteiger partial charge in [-0.1, -0.05) is 13.0 Å². The molecule has 3 heterocycles. The van der Waals surface area contributed by atoms with Crippen molar-refractivity contribution in [3.8, 4) is 0 Å². The van der Waals surface area contributed by atoms with Crippen LogP contribution in [0, 0.1) is 22.7 Å². The zero-order chi connectivity index (χ0) is 27.6. The highest BCUT2D eigenvalue weighted by atomic mass is 16.8. The molecule has 4 N–H and O–H groups in total. The maximum atomic E-state index is 13.1. The normalized spacial score (nSPS) is 56.2. The highest BCUT2D eigenvalue weighted by Crippen LogP contribution is 2.69. The van der Waals surface area contributed by atoms with Crippen molar-refractivity contribution in [2.75, 3.05) is 6.61 Å². The van der Waals surface area contributed by atoms with Gasteiger partial charge in [-0.05, 0) is 69.3 Å². The number of carbonyl (C=O) groups excluding carboxylic acids is 2. The Hall–Kier alpha value is -1.66. The SMILES string of the molecule is CC1CC(O)C2(O)OC3CC4(C=O)C(CC=C5C4CCC4(C)C(O)(C6=CC(=O)OC6)CCC54O)CC3OC2O1. The van der Waals surface area contributed by atoms with Crippen LogP contribution in [0.2, 0.25) is 0 Å². The number of ether oxygens (including phenoxy) is 4. The fraction of sp³-hybridized carbons (Fsp3) is 0.793. The zero-order valence-corrected chi connectivity index (χ0v) is 22.4. The topological polar surface area (TPSA) is 152 Å². The van der Waals surface area contributed by atoms with Gasteiger partial charge in [0.05, 0.1) is 29.5 Å². The Morgan fingerprint density at radius 3 is 2.54 bits per heavy atom. The van der Waals surface area contributed by atoms with Crippen molar-refractivity contribution in [2.45, 2.75) is 113 Å². The summed E-state index contributed by atoms with van der Waals surface area (Å²) in [6.45, 7) is 3.71. The van der Waals surface area contributed by atoms with E-state index >= 15 is 0 Å². The van der Waals surface area contributed by atoms with Crippen LogP contribution in [0.4, 0.5) is 0 Å². The van der Waals surface area contributed by atoms with Gasteiger partial charge in [-0.2, -0.15) is 0 Å². The Bertz CT molecular complexity index is 1170. The molecule has 10 heteroatoms. The van der Waals surface area contributed by atoms with Crippen LogP contribution < -0.4 is 0 Å². The van der Waals surface area contributed by atoms with E-state index in [9.17, 15) is 30.0 Å². The first-order valence-corrected chi connectivity index (χ1v) is 14.3. The van der Waals surface area contributed by atoms with Crippen molar-refractivity contribution in [3.63, 3.8) is 0 Å². The molecular formula is C29H38O10. The van der Waals surface area contributed by atoms with E-state index in [2.05, 4.69) is 6.08 Å². The maximum absolute atomic E-state index is 13.1. The van der Waals surface area contributed by atoms with Crippen molar-refractivity contribution in [1.29, 1.82) is 0 Å². The monoisotopic (exact) mass is 546 g/mol. The Kier molecular flexibility index (Phi) is 5.53. The summed E-state index contributed by atoms with van der Waals surface area (Å²) in [7, 11) is 0. The minimum Gasteiger partial charge on any atom is -0.458 e. The lowest BCUT2D eigenvalue weighted by Gasteiger charge is -2.62. The number of aliphatic hydroxyl groups excluding tert-OH is 1. The predicted octanol–water partition coefficient (Wildman–Crippen LogP) is 1.04. The van der Waals surface area contributed by atoms with E-state index in [1.165, 1.54) is 6.08 Å². The molecule has 10 nitrogen and oxygen atoms in total. The summed E-state index contributed by atoms with van der Waals surface area (Å²) in [5, 5.41) is 46.3. The van der Waals surface area contributed by atoms with Crippen molar-refractivity contribution >= 4 is 12.3 Å². The Morgan fingerprint density at radius 1 is 1.05 bits per heavy atom. The molecule has 4 aliphatic carbocycles. The number of rotatable bonds is 2. The quantitative estimate of drug-likeness (QED) is 0.225. The van der Waals surface area contributed by atoms with Crippen LogP contribution in [0.3, 0.4) is 0 Å². The standard InChI is InChI=1S/C29H38O10/c1-15-9-22(31)29(35)24(37-15)38-20-10-16-3-4-19-18(26(16,14-30)12-21(20)39-29)5-6-25(2)27(33,7-8-28(19,25)34)17-11-23(32)36-13-17/h4,11,14-16,18,20-22,24,31,33-35H,3,5-10,12-13H2,1-2H3. The highest BCUT2D eigenvalue weighted by Gasteiger charge is 2.72. The van der Waals surface area contributed by atoms with E-state index in [0.717, 1.165) is 11.9 Å². The molecule has 0 bridgehead atoms. The second kappa shape index (κ2) is 8.21. The second-order valence-electron chi connectivity index (χ2n) is 13.3. The van der Waals surface area contributed by atoms with Crippen molar-refractivity contribution in [2.24, 2.45) is 22.7 Å². The summed E-state index contributed by atoms with van der Waals surface area (Å²) >= 11 is 0. The summed E-state index contributed by atoms with van der Waals surface area (Å²) in [6, 6.07) is 0. The first-order chi connectivity index (χ1) is 18.4. The maximum Gasteiger partial charge on any atom is 0.331 e. The number of esters is 1. The number of fused-ring (bicyclic) bond motifs is 7. The van der Waals surface area contributed by atoms with Crippen LogP contribution in [0.25, 0.3) is 0 Å². The molecule has 7 aliphatic rings. The molecule has 7 rings (SSSR count). The number of aliphatic hydroxyl groups is 4. The number of cyclic esters (lactones) is 1. The number of carbonyl (C=O) groups is 2. The molecule has 39 heavy (non-hydrogen) atoms. The van der Waals surface area contributed by atoms with Gasteiger partial charge in [0.15, 0.2) is 0 Å². The lowest BCUT2D eigenvalue weighted by Crippen LogP contribution is -2.70. The Balaban J connectivity index is 1.22. The third kappa shape index (κ3) is 3.17. The van der Waals surface area contributed by atoms with Crippen LogP contribution >= 0.6 is 0 Å². The van der Waals surface area contributed by atoms with E-state index in [4.69, 9.17) is 18.9 Å². The van der Waals surface area contributed by atoms with Crippen LogP contribution in [-0.4, -0.2) is 87.0 Å². The van der Waals surface area contributed by atoms with Crippen molar-refractivity contribution < 1.29 is 49.0 Å². The third-order valence-corrected chi connectivity index (χ3v) is 11.8. The molecule has 214 valence electrons. The predicted molar refractivity (Wildman–Crippen MR) is 133 cm³/mol. The fourth-order valence-corrected chi connectivity index (χ4v) is 9.47. The average Bonchev–Trinajstić information content (AvgIpc) is 3.42. The largest absolute Gasteiger partial charge is 0.458 e. The summed E-state index contributed by atoms with van der Waals surface area (Å²) in [5.41, 5.74) is -3.27.